The summed E-state index contributed by atoms with van der Waals surface area (Å²) >= 11 is 0. The number of hydrogen-bond acceptors (Lipinski definition) is 0. The molecule has 0 saturated heterocycles. The van der Waals surface area contributed by atoms with Gasteiger partial charge in [-0.1, -0.05) is 41.5 Å². The van der Waals surface area contributed by atoms with Crippen molar-refractivity contribution in [1.29, 1.82) is 0 Å². The van der Waals surface area contributed by atoms with Gasteiger partial charge in [-0.15, -0.1) is 0 Å². The van der Waals surface area contributed by atoms with Crippen LogP contribution in [0.15, 0.2) is 0 Å². The molecule has 0 spiro atoms. The second-order valence-electron chi connectivity index (χ2n) is 6.08. The SMILES string of the molecule is CC(C)(C)C(F)(F)[Si](C)(F)C(C)(C)C. The average Bonchev–Trinajstić information content (AvgIpc) is 1.81. The van der Waals surface area contributed by atoms with Crippen LogP contribution in [0.3, 0.4) is 0 Å². The summed E-state index contributed by atoms with van der Waals surface area (Å²) < 4.78 is 42.0. The third kappa shape index (κ3) is 1.99. The van der Waals surface area contributed by atoms with Gasteiger partial charge in [-0.2, -0.15) is 0 Å². The van der Waals surface area contributed by atoms with Crippen LogP contribution in [0.25, 0.3) is 0 Å². The highest BCUT2D eigenvalue weighted by atomic mass is 28.4. The van der Waals surface area contributed by atoms with Crippen LogP contribution in [0.1, 0.15) is 41.5 Å². The van der Waals surface area contributed by atoms with E-state index in [0.717, 1.165) is 6.55 Å². The molecule has 0 aliphatic heterocycles. The Labute approximate surface area is 86.1 Å². The van der Waals surface area contributed by atoms with Crippen LogP contribution in [0.2, 0.25) is 11.6 Å². The molecule has 1 unspecified atom stereocenters. The van der Waals surface area contributed by atoms with Crippen molar-refractivity contribution >= 4 is 8.41 Å². The summed E-state index contributed by atoms with van der Waals surface area (Å²) in [5, 5.41) is -0.941. The van der Waals surface area contributed by atoms with Gasteiger partial charge in [-0.05, 0) is 11.6 Å². The molecule has 0 amide bonds. The first kappa shape index (κ1) is 14.0. The molecule has 0 aliphatic rings. The third-order valence-corrected chi connectivity index (χ3v) is 7.69. The van der Waals surface area contributed by atoms with E-state index in [-0.39, 0.29) is 0 Å². The third-order valence-electron chi connectivity index (χ3n) is 2.94. The maximum absolute atomic E-state index is 14.3. The van der Waals surface area contributed by atoms with Crippen LogP contribution in [-0.2, 0) is 0 Å². The lowest BCUT2D eigenvalue weighted by Crippen LogP contribution is -2.59. The zero-order valence-corrected chi connectivity index (χ0v) is 11.1. The lowest BCUT2D eigenvalue weighted by Gasteiger charge is -2.44. The number of rotatable bonds is 1. The molecule has 0 heterocycles. The van der Waals surface area contributed by atoms with E-state index in [2.05, 4.69) is 0 Å². The Morgan fingerprint density at radius 2 is 1.14 bits per heavy atom. The summed E-state index contributed by atoms with van der Waals surface area (Å²) in [5.41, 5.74) is -4.52. The van der Waals surface area contributed by atoms with E-state index in [0.29, 0.717) is 0 Å². The van der Waals surface area contributed by atoms with Crippen LogP contribution >= 0.6 is 0 Å². The van der Waals surface area contributed by atoms with E-state index in [9.17, 15) is 12.9 Å². The quantitative estimate of drug-likeness (QED) is 0.454. The van der Waals surface area contributed by atoms with Gasteiger partial charge in [0.25, 0.3) is 5.55 Å². The molecule has 86 valence electrons. The molecule has 0 radical (unpaired) electrons. The number of hydrogen-bond donors (Lipinski definition) is 0. The fraction of sp³-hybridized carbons (Fsp3) is 1.00. The van der Waals surface area contributed by atoms with Gasteiger partial charge in [-0.25, -0.2) is 8.78 Å². The maximum atomic E-state index is 14.3. The molecule has 0 aliphatic carbocycles. The molecule has 0 N–H and O–H groups in total. The van der Waals surface area contributed by atoms with Crippen molar-refractivity contribution < 1.29 is 12.9 Å². The van der Waals surface area contributed by atoms with Crippen molar-refractivity contribution in [1.82, 2.24) is 0 Å². The minimum absolute atomic E-state index is 0.941. The first-order chi connectivity index (χ1) is 5.75. The van der Waals surface area contributed by atoms with Crippen molar-refractivity contribution in [3.63, 3.8) is 0 Å². The molecule has 1 atom stereocenters. The van der Waals surface area contributed by atoms with Crippen molar-refractivity contribution in [2.75, 3.05) is 0 Å². The molecule has 14 heavy (non-hydrogen) atoms. The molecule has 0 saturated carbocycles. The summed E-state index contributed by atoms with van der Waals surface area (Å²) in [5.74, 6) is 0. The lowest BCUT2D eigenvalue weighted by atomic mass is 9.97. The zero-order valence-electron chi connectivity index (χ0n) is 10.1. The first-order valence-corrected chi connectivity index (χ1v) is 7.19. The summed E-state index contributed by atoms with van der Waals surface area (Å²) in [6.45, 7) is 9.96. The minimum Gasteiger partial charge on any atom is -0.306 e. The fourth-order valence-corrected chi connectivity index (χ4v) is 3.53. The molecule has 0 fully saturated rings. The Kier molecular flexibility index (Phi) is 3.26. The van der Waals surface area contributed by atoms with E-state index in [4.69, 9.17) is 0 Å². The zero-order chi connectivity index (χ0) is 12.0. The van der Waals surface area contributed by atoms with Gasteiger partial charge < -0.3 is 4.11 Å². The molecule has 0 nitrogen and oxygen atoms in total. The van der Waals surface area contributed by atoms with Crippen molar-refractivity contribution in [2.24, 2.45) is 5.41 Å². The molecular weight excluding hydrogens is 205 g/mol. The van der Waals surface area contributed by atoms with Gasteiger partial charge in [0.2, 0.25) is 0 Å². The molecule has 4 heteroatoms. The molecule has 0 aromatic rings. The monoisotopic (exact) mass is 226 g/mol. The van der Waals surface area contributed by atoms with Crippen LogP contribution < -0.4 is 0 Å². The smallest absolute Gasteiger partial charge is 0.306 e. The fourth-order valence-electron chi connectivity index (χ4n) is 1.18. The lowest BCUT2D eigenvalue weighted by molar-refractivity contribution is -0.0388. The highest BCUT2D eigenvalue weighted by molar-refractivity contribution is 6.77. The highest BCUT2D eigenvalue weighted by Crippen LogP contribution is 2.53. The van der Waals surface area contributed by atoms with E-state index in [1.165, 1.54) is 20.8 Å². The van der Waals surface area contributed by atoms with Gasteiger partial charge in [0.15, 0.2) is 0 Å². The standard InChI is InChI=1S/C10H21F3Si/c1-8(2,3)10(11,12)14(7,13)9(4,5)6/h1-7H3. The molecule has 0 aromatic carbocycles. The Bertz CT molecular complexity index is 184. The van der Waals surface area contributed by atoms with Gasteiger partial charge in [0.1, 0.15) is 0 Å². The predicted octanol–water partition coefficient (Wildman–Crippen LogP) is 4.55. The molecule has 0 rings (SSSR count). The highest BCUT2D eigenvalue weighted by Gasteiger charge is 2.66. The Balaban J connectivity index is 5.30. The molecule has 0 bridgehead atoms. The minimum atomic E-state index is -4.10. The van der Waals surface area contributed by atoms with Crippen molar-refractivity contribution in [2.45, 2.75) is 58.7 Å². The maximum Gasteiger partial charge on any atom is 0.325 e. The largest absolute Gasteiger partial charge is 0.325 e. The summed E-state index contributed by atoms with van der Waals surface area (Å²) in [6, 6.07) is 0. The van der Waals surface area contributed by atoms with E-state index in [1.807, 2.05) is 0 Å². The number of alkyl halides is 2. The van der Waals surface area contributed by atoms with Gasteiger partial charge in [0, 0.05) is 5.41 Å². The second-order valence-corrected chi connectivity index (χ2v) is 10.2. The Morgan fingerprint density at radius 3 is 1.21 bits per heavy atom. The normalized spacial score (nSPS) is 19.3. The Hall–Kier alpha value is 0.00688. The van der Waals surface area contributed by atoms with Crippen LogP contribution in [0.4, 0.5) is 12.9 Å². The van der Waals surface area contributed by atoms with Gasteiger partial charge >= 0.3 is 8.41 Å². The first-order valence-electron chi connectivity index (χ1n) is 4.82. The molecule has 0 aromatic heterocycles. The molecular formula is C10H21F3Si. The second kappa shape index (κ2) is 3.25. The summed E-state index contributed by atoms with van der Waals surface area (Å²) in [6.07, 6.45) is 0. The van der Waals surface area contributed by atoms with Crippen LogP contribution in [0.5, 0.6) is 0 Å². The number of halogens is 3. The Morgan fingerprint density at radius 1 is 0.857 bits per heavy atom. The summed E-state index contributed by atoms with van der Waals surface area (Å²) in [7, 11) is -4.10. The van der Waals surface area contributed by atoms with Crippen molar-refractivity contribution in [3.8, 4) is 0 Å². The van der Waals surface area contributed by atoms with Gasteiger partial charge in [-0.3, -0.25) is 0 Å². The van der Waals surface area contributed by atoms with Crippen LogP contribution in [-0.4, -0.2) is 14.0 Å². The topological polar surface area (TPSA) is 0 Å². The average molecular weight is 226 g/mol. The predicted molar refractivity (Wildman–Crippen MR) is 56.8 cm³/mol. The van der Waals surface area contributed by atoms with Crippen molar-refractivity contribution in [3.05, 3.63) is 0 Å². The van der Waals surface area contributed by atoms with Gasteiger partial charge in [0.05, 0.1) is 0 Å². The summed E-state index contributed by atoms with van der Waals surface area (Å²) in [4.78, 5) is 0. The van der Waals surface area contributed by atoms with E-state index >= 15 is 0 Å². The van der Waals surface area contributed by atoms with E-state index in [1.54, 1.807) is 20.8 Å². The van der Waals surface area contributed by atoms with E-state index < -0.39 is 24.4 Å². The van der Waals surface area contributed by atoms with Crippen LogP contribution in [0, 0.1) is 5.41 Å².